The summed E-state index contributed by atoms with van der Waals surface area (Å²) in [5.41, 5.74) is 3.05. The van der Waals surface area contributed by atoms with Gasteiger partial charge in [0.1, 0.15) is 5.75 Å². The lowest BCUT2D eigenvalue weighted by Crippen LogP contribution is -2.25. The van der Waals surface area contributed by atoms with Crippen molar-refractivity contribution in [3.05, 3.63) is 72.3 Å². The third-order valence-electron chi connectivity index (χ3n) is 7.14. The average molecular weight is 516 g/mol. The maximum atomic E-state index is 13.0. The fourth-order valence-corrected chi connectivity index (χ4v) is 5.12. The summed E-state index contributed by atoms with van der Waals surface area (Å²) < 4.78 is 16.9. The average Bonchev–Trinajstić information content (AvgIpc) is 3.59. The normalized spacial score (nSPS) is 17.4. The van der Waals surface area contributed by atoms with E-state index in [4.69, 9.17) is 14.2 Å². The van der Waals surface area contributed by atoms with Gasteiger partial charge in [-0.3, -0.25) is 4.79 Å². The van der Waals surface area contributed by atoms with Crippen LogP contribution in [0.3, 0.4) is 0 Å². The van der Waals surface area contributed by atoms with Crippen LogP contribution in [0.15, 0.2) is 66.7 Å². The van der Waals surface area contributed by atoms with E-state index in [-0.39, 0.29) is 24.0 Å². The molecule has 8 nitrogen and oxygen atoms in total. The number of carbonyl (C=O) groups is 2. The lowest BCUT2D eigenvalue weighted by Gasteiger charge is -2.20. The van der Waals surface area contributed by atoms with Crippen LogP contribution in [0, 0.1) is 0 Å². The monoisotopic (exact) mass is 515 g/mol. The van der Waals surface area contributed by atoms with Crippen molar-refractivity contribution in [1.82, 2.24) is 0 Å². The number of nitrogens with zero attached hydrogens (tertiary/aromatic N) is 1. The maximum absolute atomic E-state index is 13.0. The maximum Gasteiger partial charge on any atom is 0.323 e. The Labute approximate surface area is 222 Å². The van der Waals surface area contributed by atoms with Crippen LogP contribution < -0.4 is 29.7 Å². The summed E-state index contributed by atoms with van der Waals surface area (Å²) in [6.07, 6.45) is 5.13. The molecule has 0 radical (unpaired) electrons. The van der Waals surface area contributed by atoms with Gasteiger partial charge in [0.15, 0.2) is 11.5 Å². The fourth-order valence-electron chi connectivity index (χ4n) is 5.12. The Hall–Kier alpha value is -4.20. The number of carbonyl (C=O) groups excluding carboxylic acids is 2. The topological polar surface area (TPSA) is 89.1 Å². The predicted molar refractivity (Wildman–Crippen MR) is 148 cm³/mol. The molecule has 2 fully saturated rings. The number of hydrogen-bond donors (Lipinski definition) is 2. The van der Waals surface area contributed by atoms with Crippen LogP contribution in [0.5, 0.6) is 17.2 Å². The Morgan fingerprint density at radius 2 is 1.63 bits per heavy atom. The zero-order valence-corrected chi connectivity index (χ0v) is 21.7. The molecule has 3 aromatic rings. The summed E-state index contributed by atoms with van der Waals surface area (Å²) in [6, 6.07) is 20.0. The molecule has 1 saturated heterocycles. The Morgan fingerprint density at radius 1 is 0.868 bits per heavy atom. The number of urea groups is 1. The highest BCUT2D eigenvalue weighted by Gasteiger charge is 2.32. The highest BCUT2D eigenvalue weighted by molar-refractivity contribution is 6.01. The van der Waals surface area contributed by atoms with E-state index in [0.29, 0.717) is 35.8 Å². The number of benzene rings is 3. The smallest absolute Gasteiger partial charge is 0.323 e. The largest absolute Gasteiger partial charge is 0.497 e. The molecule has 1 aliphatic heterocycles. The second-order valence-electron chi connectivity index (χ2n) is 9.70. The first-order valence-electron chi connectivity index (χ1n) is 13.0. The van der Waals surface area contributed by atoms with Crippen molar-refractivity contribution in [2.45, 2.75) is 44.1 Å². The first-order valence-corrected chi connectivity index (χ1v) is 13.0. The van der Waals surface area contributed by atoms with Crippen LogP contribution in [0.2, 0.25) is 0 Å². The first kappa shape index (κ1) is 25.4. The SMILES string of the molecule is COc1ccc(NC(=O)Nc2cccc(N3CC(c4ccc(OC)c(OC5CCCC5)c4)CC3=O)c2)cc1. The summed E-state index contributed by atoms with van der Waals surface area (Å²) in [6.45, 7) is 0.551. The van der Waals surface area contributed by atoms with E-state index in [1.807, 2.05) is 36.4 Å². The lowest BCUT2D eigenvalue weighted by molar-refractivity contribution is -0.117. The van der Waals surface area contributed by atoms with Crippen molar-refractivity contribution in [2.75, 3.05) is 36.3 Å². The molecular formula is C30H33N3O5. The van der Waals surface area contributed by atoms with Gasteiger partial charge in [0.05, 0.1) is 20.3 Å². The van der Waals surface area contributed by atoms with Gasteiger partial charge in [0.2, 0.25) is 5.91 Å². The zero-order valence-electron chi connectivity index (χ0n) is 21.7. The highest BCUT2D eigenvalue weighted by Crippen LogP contribution is 2.38. The second-order valence-corrected chi connectivity index (χ2v) is 9.70. The van der Waals surface area contributed by atoms with E-state index in [1.165, 1.54) is 12.8 Å². The summed E-state index contributed by atoms with van der Waals surface area (Å²) in [7, 11) is 3.24. The molecule has 1 unspecified atom stereocenters. The summed E-state index contributed by atoms with van der Waals surface area (Å²) in [4.78, 5) is 27.3. The van der Waals surface area contributed by atoms with Crippen molar-refractivity contribution in [2.24, 2.45) is 0 Å². The first-order chi connectivity index (χ1) is 18.5. The molecule has 38 heavy (non-hydrogen) atoms. The van der Waals surface area contributed by atoms with Gasteiger partial charge in [-0.05, 0) is 85.8 Å². The molecule has 1 aliphatic carbocycles. The van der Waals surface area contributed by atoms with Crippen LogP contribution >= 0.6 is 0 Å². The molecule has 2 aliphatic rings. The molecule has 3 amide bonds. The number of hydrogen-bond acceptors (Lipinski definition) is 5. The van der Waals surface area contributed by atoms with E-state index >= 15 is 0 Å². The predicted octanol–water partition coefficient (Wildman–Crippen LogP) is 6.19. The standard InChI is InChI=1S/C30H33N3O5/c1-36-25-13-11-22(12-14-25)31-30(35)32-23-6-5-7-24(18-23)33-19-21(17-29(33)34)20-10-15-27(37-2)28(16-20)38-26-8-3-4-9-26/h5-7,10-16,18,21,26H,3-4,8-9,17,19H2,1-2H3,(H2,31,32,35). The number of anilines is 3. The number of amides is 3. The summed E-state index contributed by atoms with van der Waals surface area (Å²) >= 11 is 0. The molecule has 198 valence electrons. The Bertz CT molecular complexity index is 1290. The molecule has 1 saturated carbocycles. The van der Waals surface area contributed by atoms with Gasteiger partial charge in [-0.1, -0.05) is 12.1 Å². The van der Waals surface area contributed by atoms with Gasteiger partial charge in [-0.25, -0.2) is 4.79 Å². The van der Waals surface area contributed by atoms with Crippen molar-refractivity contribution in [3.63, 3.8) is 0 Å². The number of nitrogens with one attached hydrogen (secondary N) is 2. The van der Waals surface area contributed by atoms with E-state index in [9.17, 15) is 9.59 Å². The minimum atomic E-state index is -0.369. The zero-order chi connectivity index (χ0) is 26.5. The molecule has 1 heterocycles. The van der Waals surface area contributed by atoms with Crippen LogP contribution in [0.25, 0.3) is 0 Å². The van der Waals surface area contributed by atoms with E-state index in [2.05, 4.69) is 10.6 Å². The summed E-state index contributed by atoms with van der Waals surface area (Å²) in [5.74, 6) is 2.26. The third-order valence-corrected chi connectivity index (χ3v) is 7.14. The minimum Gasteiger partial charge on any atom is -0.497 e. The number of methoxy groups -OCH3 is 2. The Kier molecular flexibility index (Phi) is 7.67. The number of rotatable bonds is 8. The van der Waals surface area contributed by atoms with E-state index in [0.717, 1.165) is 29.8 Å². The van der Waals surface area contributed by atoms with E-state index < -0.39 is 0 Å². The third kappa shape index (κ3) is 5.85. The van der Waals surface area contributed by atoms with Crippen LogP contribution in [-0.4, -0.2) is 38.8 Å². The van der Waals surface area contributed by atoms with Gasteiger partial charge in [-0.2, -0.15) is 0 Å². The van der Waals surface area contributed by atoms with Crippen LogP contribution in [0.4, 0.5) is 21.9 Å². The van der Waals surface area contributed by atoms with Crippen LogP contribution in [0.1, 0.15) is 43.6 Å². The molecule has 5 rings (SSSR count). The highest BCUT2D eigenvalue weighted by atomic mass is 16.5. The molecule has 3 aromatic carbocycles. The van der Waals surface area contributed by atoms with Gasteiger partial charge in [0.25, 0.3) is 0 Å². The van der Waals surface area contributed by atoms with Gasteiger partial charge < -0.3 is 29.7 Å². The summed E-state index contributed by atoms with van der Waals surface area (Å²) in [5, 5.41) is 5.65. The molecule has 0 spiro atoms. The van der Waals surface area contributed by atoms with E-state index in [1.54, 1.807) is 49.5 Å². The van der Waals surface area contributed by atoms with Gasteiger partial charge in [-0.15, -0.1) is 0 Å². The molecule has 1 atom stereocenters. The molecular weight excluding hydrogens is 482 g/mol. The molecule has 0 bridgehead atoms. The van der Waals surface area contributed by atoms with Gasteiger partial charge in [0, 0.05) is 35.9 Å². The van der Waals surface area contributed by atoms with Crippen molar-refractivity contribution < 1.29 is 23.8 Å². The minimum absolute atomic E-state index is 0.0364. The van der Waals surface area contributed by atoms with Gasteiger partial charge >= 0.3 is 6.03 Å². The van der Waals surface area contributed by atoms with Crippen molar-refractivity contribution >= 4 is 29.0 Å². The lowest BCUT2D eigenvalue weighted by atomic mass is 9.98. The van der Waals surface area contributed by atoms with Crippen LogP contribution in [-0.2, 0) is 4.79 Å². The molecule has 2 N–H and O–H groups in total. The Morgan fingerprint density at radius 3 is 2.37 bits per heavy atom. The fraction of sp³-hybridized carbons (Fsp3) is 0.333. The Balaban J connectivity index is 1.25. The molecule has 0 aromatic heterocycles. The van der Waals surface area contributed by atoms with Crippen molar-refractivity contribution in [3.8, 4) is 17.2 Å². The second kappa shape index (κ2) is 11.5. The number of ether oxygens (including phenoxy) is 3. The molecule has 8 heteroatoms. The van der Waals surface area contributed by atoms with Crippen molar-refractivity contribution in [1.29, 1.82) is 0 Å². The quantitative estimate of drug-likeness (QED) is 0.373.